The third-order valence-electron chi connectivity index (χ3n) is 5.94. The predicted octanol–water partition coefficient (Wildman–Crippen LogP) is 6.26. The number of carbonyl (C=O) groups is 4. The molecule has 0 bridgehead atoms. The van der Waals surface area contributed by atoms with Gasteiger partial charge < -0.3 is 5.32 Å². The second kappa shape index (κ2) is 9.56. The van der Waals surface area contributed by atoms with E-state index in [1.165, 1.54) is 6.08 Å². The fourth-order valence-electron chi connectivity index (χ4n) is 4.11. The van der Waals surface area contributed by atoms with Crippen LogP contribution in [0.2, 0.25) is 5.02 Å². The Balaban J connectivity index is 1.35. The summed E-state index contributed by atoms with van der Waals surface area (Å²) >= 11 is 6.09. The first-order valence-corrected chi connectivity index (χ1v) is 11.5. The number of nitrogens with one attached hydrogen (secondary N) is 1. The number of halogens is 1. The van der Waals surface area contributed by atoms with Gasteiger partial charge in [-0.15, -0.1) is 0 Å². The van der Waals surface area contributed by atoms with E-state index in [1.807, 2.05) is 0 Å². The number of anilines is 1. The van der Waals surface area contributed by atoms with Crippen LogP contribution in [0.1, 0.15) is 58.1 Å². The van der Waals surface area contributed by atoms with E-state index in [0.717, 1.165) is 0 Å². The molecule has 0 atom stereocenters. The summed E-state index contributed by atoms with van der Waals surface area (Å²) in [4.78, 5) is 51.6. The van der Waals surface area contributed by atoms with E-state index < -0.39 is 5.78 Å². The minimum atomic E-state index is -0.395. The third-order valence-corrected chi connectivity index (χ3v) is 6.27. The quantitative estimate of drug-likeness (QED) is 0.232. The first-order chi connectivity index (χ1) is 17.4. The maximum Gasteiger partial charge on any atom is 0.255 e. The van der Waals surface area contributed by atoms with Gasteiger partial charge in [0, 0.05) is 33.4 Å². The maximum absolute atomic E-state index is 13.1. The summed E-state index contributed by atoms with van der Waals surface area (Å²) in [5.74, 6) is -1.32. The molecule has 0 saturated carbocycles. The van der Waals surface area contributed by atoms with Crippen LogP contribution in [0.5, 0.6) is 0 Å². The smallest absolute Gasteiger partial charge is 0.255 e. The monoisotopic (exact) mass is 491 g/mol. The van der Waals surface area contributed by atoms with Crippen LogP contribution < -0.4 is 5.32 Å². The Hall–Kier alpha value is -4.61. The van der Waals surface area contributed by atoms with Crippen molar-refractivity contribution in [3.63, 3.8) is 0 Å². The van der Waals surface area contributed by atoms with Gasteiger partial charge in [0.25, 0.3) is 5.91 Å². The first-order valence-electron chi connectivity index (χ1n) is 11.1. The zero-order valence-electron chi connectivity index (χ0n) is 18.8. The molecule has 1 amide bonds. The van der Waals surface area contributed by atoms with Crippen LogP contribution in [0.3, 0.4) is 0 Å². The molecule has 0 radical (unpaired) electrons. The summed E-state index contributed by atoms with van der Waals surface area (Å²) in [6.07, 6.45) is 2.95. The molecule has 0 heterocycles. The van der Waals surface area contributed by atoms with Crippen molar-refractivity contribution in [1.82, 2.24) is 0 Å². The highest BCUT2D eigenvalue weighted by atomic mass is 35.5. The van der Waals surface area contributed by atoms with Crippen LogP contribution in [-0.4, -0.2) is 23.3 Å². The maximum atomic E-state index is 13.1. The lowest BCUT2D eigenvalue weighted by atomic mass is 9.81. The molecule has 0 aromatic heterocycles. The van der Waals surface area contributed by atoms with Gasteiger partial charge in [-0.1, -0.05) is 84.4 Å². The molecule has 0 aliphatic heterocycles. The fraction of sp³-hybridized carbons (Fsp3) is 0. The van der Waals surface area contributed by atoms with Crippen molar-refractivity contribution in [3.05, 3.63) is 141 Å². The summed E-state index contributed by atoms with van der Waals surface area (Å²) in [5, 5.41) is 3.20. The molecule has 0 spiro atoms. The molecule has 5 nitrogen and oxygen atoms in total. The number of para-hydroxylation sites is 1. The van der Waals surface area contributed by atoms with Gasteiger partial charge in [-0.05, 0) is 35.9 Å². The van der Waals surface area contributed by atoms with Crippen molar-refractivity contribution < 1.29 is 19.2 Å². The molecule has 0 unspecified atom stereocenters. The molecule has 5 rings (SSSR count). The fourth-order valence-corrected chi connectivity index (χ4v) is 4.30. The summed E-state index contributed by atoms with van der Waals surface area (Å²) < 4.78 is 0. The van der Waals surface area contributed by atoms with Gasteiger partial charge in [0.2, 0.25) is 0 Å². The van der Waals surface area contributed by atoms with E-state index in [-0.39, 0.29) is 34.2 Å². The van der Waals surface area contributed by atoms with E-state index in [1.54, 1.807) is 97.1 Å². The average Bonchev–Trinajstić information content (AvgIpc) is 2.91. The second-order valence-electron chi connectivity index (χ2n) is 8.19. The zero-order chi connectivity index (χ0) is 25.2. The Morgan fingerprint density at radius 2 is 1.33 bits per heavy atom. The molecule has 174 valence electrons. The highest BCUT2D eigenvalue weighted by Gasteiger charge is 2.32. The lowest BCUT2D eigenvalue weighted by Gasteiger charge is -2.19. The van der Waals surface area contributed by atoms with Crippen molar-refractivity contribution >= 4 is 46.6 Å². The summed E-state index contributed by atoms with van der Waals surface area (Å²) in [7, 11) is 0. The Bertz CT molecular complexity index is 1590. The average molecular weight is 492 g/mol. The summed E-state index contributed by atoms with van der Waals surface area (Å²) in [6.45, 7) is 0. The van der Waals surface area contributed by atoms with E-state index in [4.69, 9.17) is 11.6 Å². The normalized spacial score (nSPS) is 12.2. The van der Waals surface area contributed by atoms with E-state index >= 15 is 0 Å². The Morgan fingerprint density at radius 1 is 0.694 bits per heavy atom. The van der Waals surface area contributed by atoms with Crippen molar-refractivity contribution in [3.8, 4) is 0 Å². The minimum absolute atomic E-state index is 0.127. The Kier molecular flexibility index (Phi) is 6.15. The van der Waals surface area contributed by atoms with Crippen LogP contribution >= 0.6 is 11.6 Å². The Morgan fingerprint density at radius 3 is 2.06 bits per heavy atom. The lowest BCUT2D eigenvalue weighted by molar-refractivity contribution is 0.0972. The molecule has 0 fully saturated rings. The molecular formula is C30H18ClNO4. The molecular weight excluding hydrogens is 474 g/mol. The number of amides is 1. The van der Waals surface area contributed by atoms with Crippen LogP contribution in [0.25, 0.3) is 6.08 Å². The largest absolute Gasteiger partial charge is 0.321 e. The van der Waals surface area contributed by atoms with Gasteiger partial charge in [-0.25, -0.2) is 0 Å². The summed E-state index contributed by atoms with van der Waals surface area (Å²) in [5.41, 5.74) is 2.80. The standard InChI is InChI=1S/C30H18ClNO4/c31-24-10-3-4-11-25(24)32-30(36)19-15-12-18(13-16-19)14-17-26(33)22-8-5-9-23-27(22)29(35)21-7-2-1-6-20(21)28(23)34/h1-17H,(H,32,36)/b17-14+. The second-order valence-corrected chi connectivity index (χ2v) is 8.59. The SMILES string of the molecule is O=C(Nc1ccccc1Cl)c1ccc(/C=C/C(=O)c2cccc3c2C(=O)c2ccccc2C3=O)cc1. The molecule has 4 aromatic rings. The van der Waals surface area contributed by atoms with Crippen molar-refractivity contribution in [2.45, 2.75) is 0 Å². The van der Waals surface area contributed by atoms with Crippen LogP contribution in [0, 0.1) is 0 Å². The number of carbonyl (C=O) groups excluding carboxylic acids is 4. The number of allylic oxidation sites excluding steroid dienone is 1. The number of ketones is 3. The molecule has 4 aromatic carbocycles. The molecule has 6 heteroatoms. The van der Waals surface area contributed by atoms with E-state index in [0.29, 0.717) is 33.0 Å². The molecule has 0 saturated heterocycles. The summed E-state index contributed by atoms with van der Waals surface area (Å²) in [6, 6.07) is 25.0. The molecule has 1 N–H and O–H groups in total. The van der Waals surface area contributed by atoms with E-state index in [9.17, 15) is 19.2 Å². The van der Waals surface area contributed by atoms with Gasteiger partial charge in [0.1, 0.15) is 0 Å². The number of benzene rings is 4. The number of hydrogen-bond donors (Lipinski definition) is 1. The van der Waals surface area contributed by atoms with Gasteiger partial charge >= 0.3 is 0 Å². The van der Waals surface area contributed by atoms with Gasteiger partial charge in [-0.2, -0.15) is 0 Å². The molecule has 1 aliphatic carbocycles. The first kappa shape index (κ1) is 23.1. The van der Waals surface area contributed by atoms with Crippen LogP contribution in [0.15, 0.2) is 97.1 Å². The molecule has 1 aliphatic rings. The minimum Gasteiger partial charge on any atom is -0.321 e. The number of rotatable bonds is 5. The van der Waals surface area contributed by atoms with Crippen molar-refractivity contribution in [2.75, 3.05) is 5.32 Å². The number of hydrogen-bond acceptors (Lipinski definition) is 4. The lowest BCUT2D eigenvalue weighted by Crippen LogP contribution is -2.23. The van der Waals surface area contributed by atoms with Gasteiger partial charge in [0.05, 0.1) is 10.7 Å². The van der Waals surface area contributed by atoms with Gasteiger partial charge in [-0.3, -0.25) is 19.2 Å². The van der Waals surface area contributed by atoms with Crippen molar-refractivity contribution in [2.24, 2.45) is 0 Å². The Labute approximate surface area is 212 Å². The third kappa shape index (κ3) is 4.28. The van der Waals surface area contributed by atoms with Crippen LogP contribution in [-0.2, 0) is 0 Å². The zero-order valence-corrected chi connectivity index (χ0v) is 19.6. The molecule has 36 heavy (non-hydrogen) atoms. The highest BCUT2D eigenvalue weighted by molar-refractivity contribution is 6.34. The van der Waals surface area contributed by atoms with Crippen LogP contribution in [0.4, 0.5) is 5.69 Å². The van der Waals surface area contributed by atoms with Gasteiger partial charge in [0.15, 0.2) is 17.3 Å². The van der Waals surface area contributed by atoms with Crippen molar-refractivity contribution in [1.29, 1.82) is 0 Å². The topological polar surface area (TPSA) is 80.3 Å². The van der Waals surface area contributed by atoms with E-state index in [2.05, 4.69) is 5.32 Å². The number of fused-ring (bicyclic) bond motifs is 2. The highest BCUT2D eigenvalue weighted by Crippen LogP contribution is 2.30. The predicted molar refractivity (Wildman–Crippen MR) is 139 cm³/mol.